The van der Waals surface area contributed by atoms with Crippen molar-refractivity contribution in [1.29, 1.82) is 0 Å². The van der Waals surface area contributed by atoms with Crippen molar-refractivity contribution in [2.45, 2.75) is 0 Å². The van der Waals surface area contributed by atoms with Gasteiger partial charge in [-0.3, -0.25) is 0 Å². The van der Waals surface area contributed by atoms with Crippen LogP contribution in [0.3, 0.4) is 0 Å². The third-order valence-corrected chi connectivity index (χ3v) is 2.47. The fourth-order valence-electron chi connectivity index (χ4n) is 0.472. The van der Waals surface area contributed by atoms with Gasteiger partial charge in [0.1, 0.15) is 0 Å². The molecule has 0 atom stereocenters. The van der Waals surface area contributed by atoms with E-state index in [1.807, 2.05) is 7.74 Å². The lowest BCUT2D eigenvalue weighted by Crippen LogP contribution is -2.34. The number of hydrogen-bond acceptors (Lipinski definition) is 0. The van der Waals surface area contributed by atoms with Crippen LogP contribution < -0.4 is 0 Å². The van der Waals surface area contributed by atoms with E-state index >= 15 is 0 Å². The van der Waals surface area contributed by atoms with E-state index in [2.05, 4.69) is 0 Å². The Balaban J connectivity index is 3.17. The maximum atomic E-state index is 5.73. The molecule has 8 heavy (non-hydrogen) atoms. The molecule has 0 radical (unpaired) electrons. The van der Waals surface area contributed by atoms with Gasteiger partial charge in [0, 0.05) is 6.59 Å². The molecule has 8 heteroatoms. The van der Waals surface area contributed by atoms with Gasteiger partial charge in [-0.1, -0.05) is 0 Å². The normalized spacial score (nSPS) is 8.38. The summed E-state index contributed by atoms with van der Waals surface area (Å²) in [5.41, 5.74) is 0. The molecule has 0 N–H and O–H groups in total. The Kier molecular flexibility index (Phi) is 5.77. The zero-order valence-electron chi connectivity index (χ0n) is 5.00. The highest BCUT2D eigenvalue weighted by Gasteiger charge is 2.15. The molecule has 0 heterocycles. The van der Waals surface area contributed by atoms with Gasteiger partial charge < -0.3 is 11.5 Å². The third-order valence-electron chi connectivity index (χ3n) is 1.04. The van der Waals surface area contributed by atoms with Crippen LogP contribution in [0.25, 0.3) is 0 Å². The lowest BCUT2D eigenvalue weighted by atomic mass is 9.06. The molecule has 42 valence electrons. The highest BCUT2D eigenvalue weighted by atomic mass is 35.5. The summed E-state index contributed by atoms with van der Waals surface area (Å²) in [4.78, 5) is 0. The summed E-state index contributed by atoms with van der Waals surface area (Å²) in [6.07, 6.45) is 0. The maximum absolute atomic E-state index is 5.73. The molecule has 0 aliphatic heterocycles. The molecule has 0 amide bonds. The average Bonchev–Trinajstić information content (AvgIpc) is 1.67. The third kappa shape index (κ3) is 4.11. The van der Waals surface area contributed by atoms with E-state index in [-0.39, 0.29) is 18.4 Å². The fourth-order valence-corrected chi connectivity index (χ4v) is 1.30. The Morgan fingerprint density at radius 3 is 2.12 bits per heavy atom. The Morgan fingerprint density at radius 2 is 2.00 bits per heavy atom. The lowest BCUT2D eigenvalue weighted by molar-refractivity contribution is 3.69. The number of rotatable bonds is 3. The van der Waals surface area contributed by atoms with Crippen molar-refractivity contribution in [2.24, 2.45) is 0 Å². The molecule has 0 rings (SSSR count). The smallest absolute Gasteiger partial charge is 0.187 e. The molecule has 0 nitrogen and oxygen atoms in total. The van der Waals surface area contributed by atoms with Crippen molar-refractivity contribution < 1.29 is 0 Å². The quantitative estimate of drug-likeness (QED) is 0.462. The Labute approximate surface area is 67.7 Å². The van der Waals surface area contributed by atoms with Crippen LogP contribution in [0.5, 0.6) is 0 Å². The summed E-state index contributed by atoms with van der Waals surface area (Å²) >= 11 is 16.9. The average molecular weight is 165 g/mol. The Hall–Kier alpha value is 1.19. The van der Waals surface area contributed by atoms with Gasteiger partial charge in [-0.05, 0) is 7.06 Å². The molecule has 0 spiro atoms. The minimum Gasteiger partial charge on any atom is -0.409 e. The topological polar surface area (TPSA) is 0 Å². The highest BCUT2D eigenvalue weighted by Crippen LogP contribution is 1.94. The van der Waals surface area contributed by atoms with Crippen molar-refractivity contribution in [3.05, 3.63) is 0 Å². The summed E-state index contributed by atoms with van der Waals surface area (Å²) in [7, 11) is 2.80. The van der Waals surface area contributed by atoms with Crippen molar-refractivity contribution in [2.75, 3.05) is 0 Å². The lowest BCUT2D eigenvalue weighted by Gasteiger charge is -2.02. The van der Waals surface area contributed by atoms with E-state index in [4.69, 9.17) is 34.4 Å². The van der Waals surface area contributed by atoms with Gasteiger partial charge in [0.2, 0.25) is 0 Å². The van der Waals surface area contributed by atoms with E-state index < -0.39 is 0 Å². The van der Waals surface area contributed by atoms with Crippen LogP contribution in [-0.4, -0.2) is 33.2 Å². The van der Waals surface area contributed by atoms with Crippen LogP contribution in [0.4, 0.5) is 0 Å². The molecule has 0 saturated carbocycles. The predicted molar refractivity (Wildman–Crippen MR) is 53.3 cm³/mol. The van der Waals surface area contributed by atoms with E-state index in [0.29, 0.717) is 0 Å². The molecule has 0 aromatic rings. The number of hydrogen-bond donors (Lipinski definition) is 0. The first-order chi connectivity index (χ1) is 3.68. The van der Waals surface area contributed by atoms with Crippen LogP contribution >= 0.6 is 34.4 Å². The summed E-state index contributed by atoms with van der Waals surface area (Å²) in [6.45, 7) is -0.320. The summed E-state index contributed by atoms with van der Waals surface area (Å²) in [6, 6.07) is 0. The standard InChI is InChI=1S/B5Cl3H5/c1-4(7)5(8)2-3-6/h2H,1,3H2/q-1. The van der Waals surface area contributed by atoms with Crippen molar-refractivity contribution in [3.8, 4) is 0 Å². The van der Waals surface area contributed by atoms with Gasteiger partial charge in [-0.25, -0.2) is 22.9 Å². The van der Waals surface area contributed by atoms with Gasteiger partial charge in [0.15, 0.2) is 11.8 Å². The minimum absolute atomic E-state index is 0.0548. The highest BCUT2D eigenvalue weighted by molar-refractivity contribution is 7.85. The van der Waals surface area contributed by atoms with Gasteiger partial charge in [0.05, 0.1) is 7.74 Å². The van der Waals surface area contributed by atoms with E-state index in [0.717, 1.165) is 7.06 Å². The zero-order chi connectivity index (χ0) is 6.57. The second-order valence-corrected chi connectivity index (χ2v) is 3.65. The SMILES string of the molecule is BB(Cl)B(Cl)B[BH2-]Cl. The van der Waals surface area contributed by atoms with Gasteiger partial charge in [-0.2, -0.15) is 0 Å². The molecule has 0 bridgehead atoms. The Morgan fingerprint density at radius 1 is 1.50 bits per heavy atom. The van der Waals surface area contributed by atoms with Gasteiger partial charge in [0.25, 0.3) is 0 Å². The fraction of sp³-hybridized carbons (Fsp3) is 0. The van der Waals surface area contributed by atoms with Gasteiger partial charge >= 0.3 is 0 Å². The summed E-state index contributed by atoms with van der Waals surface area (Å²) in [5.74, 6) is 0.133. The molecule has 0 aromatic carbocycles. The van der Waals surface area contributed by atoms with Crippen LogP contribution in [0.1, 0.15) is 0 Å². The number of halogens is 3. The second-order valence-electron chi connectivity index (χ2n) is 1.87. The van der Waals surface area contributed by atoms with Crippen molar-refractivity contribution in [1.82, 2.24) is 0 Å². The molecule has 0 fully saturated rings. The summed E-state index contributed by atoms with van der Waals surface area (Å²) in [5, 5.41) is 0. The second kappa shape index (κ2) is 5.02. The van der Waals surface area contributed by atoms with Crippen molar-refractivity contribution >= 4 is 67.6 Å². The predicted octanol–water partition coefficient (Wildman–Crippen LogP) is -1.17. The Bertz CT molecular complexity index is 53.6. The molecule has 0 aliphatic carbocycles. The van der Waals surface area contributed by atoms with Crippen LogP contribution in [0, 0.1) is 0 Å². The van der Waals surface area contributed by atoms with Crippen LogP contribution in [-0.2, 0) is 0 Å². The zero-order valence-corrected chi connectivity index (χ0v) is 7.26. The van der Waals surface area contributed by atoms with E-state index in [9.17, 15) is 0 Å². The van der Waals surface area contributed by atoms with E-state index in [1.54, 1.807) is 0 Å². The first kappa shape index (κ1) is 9.19. The van der Waals surface area contributed by atoms with Gasteiger partial charge in [-0.15, -0.1) is 0 Å². The maximum Gasteiger partial charge on any atom is 0.187 e. The molecule has 0 aliphatic rings. The molecular formula is H5B5Cl3-. The van der Waals surface area contributed by atoms with Crippen molar-refractivity contribution in [3.63, 3.8) is 0 Å². The summed E-state index contributed by atoms with van der Waals surface area (Å²) < 4.78 is 0. The van der Waals surface area contributed by atoms with Crippen LogP contribution in [0.2, 0.25) is 0 Å². The van der Waals surface area contributed by atoms with E-state index in [1.165, 1.54) is 0 Å². The first-order valence-electron chi connectivity index (χ1n) is 2.84. The molecule has 0 unspecified atom stereocenters. The largest absolute Gasteiger partial charge is 0.409 e. The minimum atomic E-state index is -0.320. The van der Waals surface area contributed by atoms with Crippen LogP contribution in [0.15, 0.2) is 0 Å². The molecular weight excluding hydrogens is 160 g/mol. The molecule has 0 aromatic heterocycles. The molecule has 0 saturated heterocycles. The first-order valence-corrected chi connectivity index (χ1v) is 4.47. The monoisotopic (exact) mass is 165 g/mol.